The van der Waals surface area contributed by atoms with Crippen LogP contribution in [0.1, 0.15) is 39.8 Å². The van der Waals surface area contributed by atoms with Gasteiger partial charge in [-0.3, -0.25) is 4.68 Å². The number of hydrogen-bond donors (Lipinski definition) is 2. The SMILES string of the molecule is COc1cnn(C)c1C(C)(O)CCNC(C)(C)C. The number of methoxy groups -OCH3 is 1. The van der Waals surface area contributed by atoms with Crippen LogP contribution in [0, 0.1) is 0 Å². The highest BCUT2D eigenvalue weighted by Gasteiger charge is 2.30. The first-order valence-electron chi connectivity index (χ1n) is 6.21. The third kappa shape index (κ3) is 3.71. The Morgan fingerprint density at radius 1 is 1.39 bits per heavy atom. The summed E-state index contributed by atoms with van der Waals surface area (Å²) >= 11 is 0. The zero-order chi connectivity index (χ0) is 14.0. The van der Waals surface area contributed by atoms with Crippen molar-refractivity contribution in [2.75, 3.05) is 13.7 Å². The molecule has 0 saturated carbocycles. The van der Waals surface area contributed by atoms with Crippen LogP contribution >= 0.6 is 0 Å². The Morgan fingerprint density at radius 2 is 2.00 bits per heavy atom. The minimum absolute atomic E-state index is 0.0482. The fourth-order valence-corrected chi connectivity index (χ4v) is 1.98. The van der Waals surface area contributed by atoms with Crippen molar-refractivity contribution in [1.82, 2.24) is 15.1 Å². The average molecular weight is 255 g/mol. The van der Waals surface area contributed by atoms with Crippen molar-refractivity contribution in [2.24, 2.45) is 7.05 Å². The van der Waals surface area contributed by atoms with E-state index in [1.54, 1.807) is 24.9 Å². The molecule has 1 aromatic heterocycles. The maximum Gasteiger partial charge on any atom is 0.162 e. The van der Waals surface area contributed by atoms with Gasteiger partial charge >= 0.3 is 0 Å². The van der Waals surface area contributed by atoms with Crippen molar-refractivity contribution in [3.8, 4) is 5.75 Å². The molecule has 1 heterocycles. The molecule has 0 radical (unpaired) electrons. The lowest BCUT2D eigenvalue weighted by molar-refractivity contribution is 0.0357. The Balaban J connectivity index is 2.76. The Hall–Kier alpha value is -1.07. The highest BCUT2D eigenvalue weighted by Crippen LogP contribution is 2.31. The summed E-state index contributed by atoms with van der Waals surface area (Å²) in [6.07, 6.45) is 2.22. The first kappa shape index (κ1) is 15.0. The number of nitrogens with one attached hydrogen (secondary N) is 1. The molecule has 1 unspecified atom stereocenters. The van der Waals surface area contributed by atoms with Crippen LogP contribution in [0.25, 0.3) is 0 Å². The molecule has 0 aliphatic heterocycles. The lowest BCUT2D eigenvalue weighted by Gasteiger charge is -2.27. The maximum atomic E-state index is 10.6. The third-order valence-corrected chi connectivity index (χ3v) is 2.90. The fourth-order valence-electron chi connectivity index (χ4n) is 1.98. The summed E-state index contributed by atoms with van der Waals surface area (Å²) < 4.78 is 6.90. The smallest absolute Gasteiger partial charge is 0.162 e. The van der Waals surface area contributed by atoms with E-state index in [4.69, 9.17) is 4.74 Å². The van der Waals surface area contributed by atoms with E-state index in [1.165, 1.54) is 0 Å². The molecule has 104 valence electrons. The fraction of sp³-hybridized carbons (Fsp3) is 0.769. The lowest BCUT2D eigenvalue weighted by Crippen LogP contribution is -2.39. The van der Waals surface area contributed by atoms with E-state index < -0.39 is 5.60 Å². The molecule has 1 atom stereocenters. The summed E-state index contributed by atoms with van der Waals surface area (Å²) in [7, 11) is 3.40. The summed E-state index contributed by atoms with van der Waals surface area (Å²) in [5, 5.41) is 18.1. The van der Waals surface area contributed by atoms with Gasteiger partial charge < -0.3 is 15.2 Å². The highest BCUT2D eigenvalue weighted by atomic mass is 16.5. The van der Waals surface area contributed by atoms with Crippen LogP contribution in [0.3, 0.4) is 0 Å². The van der Waals surface area contributed by atoms with Crippen LogP contribution in [-0.2, 0) is 12.6 Å². The molecule has 0 amide bonds. The summed E-state index contributed by atoms with van der Waals surface area (Å²) in [6.45, 7) is 8.83. The van der Waals surface area contributed by atoms with Crippen LogP contribution in [0.2, 0.25) is 0 Å². The second kappa shape index (κ2) is 5.28. The average Bonchev–Trinajstić information content (AvgIpc) is 2.57. The van der Waals surface area contributed by atoms with Crippen LogP contribution < -0.4 is 10.1 Å². The monoisotopic (exact) mass is 255 g/mol. The maximum absolute atomic E-state index is 10.6. The van der Waals surface area contributed by atoms with Gasteiger partial charge in [0.05, 0.1) is 13.3 Å². The topological polar surface area (TPSA) is 59.3 Å². The van der Waals surface area contributed by atoms with Crippen LogP contribution in [0.5, 0.6) is 5.75 Å². The first-order valence-corrected chi connectivity index (χ1v) is 6.21. The molecule has 2 N–H and O–H groups in total. The second-order valence-electron chi connectivity index (χ2n) is 5.89. The Morgan fingerprint density at radius 3 is 2.50 bits per heavy atom. The van der Waals surface area contributed by atoms with E-state index in [-0.39, 0.29) is 5.54 Å². The van der Waals surface area contributed by atoms with Crippen molar-refractivity contribution in [3.05, 3.63) is 11.9 Å². The number of aryl methyl sites for hydroxylation is 1. The molecular weight excluding hydrogens is 230 g/mol. The van der Waals surface area contributed by atoms with E-state index in [9.17, 15) is 5.11 Å². The Labute approximate surface area is 109 Å². The minimum Gasteiger partial charge on any atom is -0.493 e. The zero-order valence-electron chi connectivity index (χ0n) is 12.2. The predicted molar refractivity (Wildman–Crippen MR) is 71.7 cm³/mol. The van der Waals surface area contributed by atoms with Crippen molar-refractivity contribution >= 4 is 0 Å². The summed E-state index contributed by atoms with van der Waals surface area (Å²) in [5.41, 5.74) is -0.206. The predicted octanol–water partition coefficient (Wildman–Crippen LogP) is 1.41. The van der Waals surface area contributed by atoms with Crippen LogP contribution in [0.15, 0.2) is 6.20 Å². The molecule has 5 nitrogen and oxygen atoms in total. The van der Waals surface area contributed by atoms with Gasteiger partial charge in [0.15, 0.2) is 5.75 Å². The van der Waals surface area contributed by atoms with Gasteiger partial charge in [0, 0.05) is 12.6 Å². The number of hydrogen-bond acceptors (Lipinski definition) is 4. The number of aliphatic hydroxyl groups is 1. The number of nitrogens with zero attached hydrogens (tertiary/aromatic N) is 2. The molecule has 0 bridgehead atoms. The summed E-state index contributed by atoms with van der Waals surface area (Å²) in [5.74, 6) is 0.623. The molecule has 0 aromatic carbocycles. The van der Waals surface area contributed by atoms with Gasteiger partial charge in [-0.05, 0) is 40.7 Å². The highest BCUT2D eigenvalue weighted by molar-refractivity contribution is 5.30. The largest absolute Gasteiger partial charge is 0.493 e. The van der Waals surface area contributed by atoms with Crippen molar-refractivity contribution in [1.29, 1.82) is 0 Å². The number of ether oxygens (including phenoxy) is 1. The van der Waals surface area contributed by atoms with Gasteiger partial charge in [0.25, 0.3) is 0 Å². The van der Waals surface area contributed by atoms with E-state index in [1.807, 2.05) is 7.05 Å². The molecule has 0 aliphatic carbocycles. The second-order valence-corrected chi connectivity index (χ2v) is 5.89. The molecular formula is C13H25N3O2. The van der Waals surface area contributed by atoms with Gasteiger partial charge in [0.2, 0.25) is 0 Å². The molecule has 0 aliphatic rings. The lowest BCUT2D eigenvalue weighted by atomic mass is 9.96. The standard InChI is InChI=1S/C13H25N3O2/c1-12(2,3)14-8-7-13(4,17)11-10(18-6)9-15-16(11)5/h9,14,17H,7-8H2,1-6H3. The summed E-state index contributed by atoms with van der Waals surface area (Å²) in [4.78, 5) is 0. The van der Waals surface area contributed by atoms with Crippen LogP contribution in [0.4, 0.5) is 0 Å². The third-order valence-electron chi connectivity index (χ3n) is 2.90. The molecule has 0 fully saturated rings. The molecule has 0 spiro atoms. The molecule has 18 heavy (non-hydrogen) atoms. The Bertz CT molecular complexity index is 391. The molecule has 0 saturated heterocycles. The molecule has 5 heteroatoms. The summed E-state index contributed by atoms with van der Waals surface area (Å²) in [6, 6.07) is 0. The van der Waals surface area contributed by atoms with Gasteiger partial charge in [-0.1, -0.05) is 0 Å². The van der Waals surface area contributed by atoms with Crippen LogP contribution in [-0.4, -0.2) is 34.1 Å². The first-order chi connectivity index (χ1) is 8.17. The quantitative estimate of drug-likeness (QED) is 0.835. The van der Waals surface area contributed by atoms with E-state index in [0.29, 0.717) is 17.9 Å². The van der Waals surface area contributed by atoms with Crippen molar-refractivity contribution in [3.63, 3.8) is 0 Å². The number of aromatic nitrogens is 2. The molecule has 1 rings (SSSR count). The van der Waals surface area contributed by atoms with Gasteiger partial charge in [0.1, 0.15) is 11.3 Å². The minimum atomic E-state index is -0.963. The van der Waals surface area contributed by atoms with E-state index in [0.717, 1.165) is 6.54 Å². The Kier molecular flexibility index (Phi) is 4.40. The van der Waals surface area contributed by atoms with E-state index in [2.05, 4.69) is 31.2 Å². The van der Waals surface area contributed by atoms with Crippen molar-refractivity contribution < 1.29 is 9.84 Å². The number of rotatable bonds is 5. The normalized spacial score (nSPS) is 15.5. The van der Waals surface area contributed by atoms with Gasteiger partial charge in [-0.15, -0.1) is 0 Å². The molecule has 1 aromatic rings. The van der Waals surface area contributed by atoms with E-state index >= 15 is 0 Å². The van der Waals surface area contributed by atoms with Gasteiger partial charge in [-0.2, -0.15) is 5.10 Å². The van der Waals surface area contributed by atoms with Crippen molar-refractivity contribution in [2.45, 2.75) is 45.3 Å². The van der Waals surface area contributed by atoms with Gasteiger partial charge in [-0.25, -0.2) is 0 Å². The zero-order valence-corrected chi connectivity index (χ0v) is 12.2.